The molecule has 2 aliphatic carbocycles. The average Bonchev–Trinajstić information content (AvgIpc) is 2.55. The number of carbonyl (C=O) groups excluding carboxylic acids is 3. The first-order valence-corrected chi connectivity index (χ1v) is 4.98. The molecule has 0 fully saturated rings. The number of allylic oxidation sites excluding steroid dienone is 2. The standard InChI is InChI=1S/C11H12O4/c1-15-11(14)9-4-6-2-3-7(12)5-8(6)10(9)13/h9H,2-5H2,1H3. The fourth-order valence-electron chi connectivity index (χ4n) is 2.22. The Labute approximate surface area is 87.3 Å². The number of esters is 1. The van der Waals surface area contributed by atoms with E-state index in [-0.39, 0.29) is 18.0 Å². The summed E-state index contributed by atoms with van der Waals surface area (Å²) in [5.74, 6) is -1.29. The zero-order chi connectivity index (χ0) is 11.0. The van der Waals surface area contributed by atoms with Gasteiger partial charge in [0, 0.05) is 18.4 Å². The summed E-state index contributed by atoms with van der Waals surface area (Å²) in [5, 5.41) is 0. The van der Waals surface area contributed by atoms with E-state index in [9.17, 15) is 14.4 Å². The van der Waals surface area contributed by atoms with Crippen molar-refractivity contribution in [3.63, 3.8) is 0 Å². The molecule has 4 nitrogen and oxygen atoms in total. The summed E-state index contributed by atoms with van der Waals surface area (Å²) in [6.07, 6.45) is 1.79. The van der Waals surface area contributed by atoms with Crippen LogP contribution in [-0.4, -0.2) is 24.6 Å². The maximum atomic E-state index is 11.8. The number of methoxy groups -OCH3 is 1. The quantitative estimate of drug-likeness (QED) is 0.472. The highest BCUT2D eigenvalue weighted by molar-refractivity contribution is 6.13. The van der Waals surface area contributed by atoms with Crippen LogP contribution < -0.4 is 0 Å². The van der Waals surface area contributed by atoms with Gasteiger partial charge in [0.15, 0.2) is 5.78 Å². The molecule has 4 heteroatoms. The molecule has 0 aromatic rings. The molecule has 1 atom stereocenters. The maximum absolute atomic E-state index is 11.8. The molecule has 0 heterocycles. The summed E-state index contributed by atoms with van der Waals surface area (Å²) in [6.45, 7) is 0. The minimum Gasteiger partial charge on any atom is -0.468 e. The lowest BCUT2D eigenvalue weighted by molar-refractivity contribution is -0.148. The predicted octanol–water partition coefficient (Wildman–Crippen LogP) is 0.798. The molecule has 0 N–H and O–H groups in total. The monoisotopic (exact) mass is 208 g/mol. The van der Waals surface area contributed by atoms with E-state index >= 15 is 0 Å². The van der Waals surface area contributed by atoms with Gasteiger partial charge >= 0.3 is 5.97 Å². The van der Waals surface area contributed by atoms with E-state index in [1.807, 2.05) is 0 Å². The van der Waals surface area contributed by atoms with Crippen LogP contribution in [0.3, 0.4) is 0 Å². The van der Waals surface area contributed by atoms with Crippen molar-refractivity contribution in [3.05, 3.63) is 11.1 Å². The van der Waals surface area contributed by atoms with Gasteiger partial charge in [0.1, 0.15) is 11.7 Å². The number of ether oxygens (including phenoxy) is 1. The van der Waals surface area contributed by atoms with Crippen molar-refractivity contribution in [2.45, 2.75) is 25.7 Å². The van der Waals surface area contributed by atoms with Crippen molar-refractivity contribution in [2.24, 2.45) is 5.92 Å². The molecule has 0 bridgehead atoms. The molecule has 0 amide bonds. The van der Waals surface area contributed by atoms with Crippen LogP contribution in [0.2, 0.25) is 0 Å². The topological polar surface area (TPSA) is 60.4 Å². The molecule has 0 aromatic carbocycles. The van der Waals surface area contributed by atoms with Crippen molar-refractivity contribution < 1.29 is 19.1 Å². The minimum atomic E-state index is -0.689. The highest BCUT2D eigenvalue weighted by Gasteiger charge is 2.40. The first-order chi connectivity index (χ1) is 7.13. The van der Waals surface area contributed by atoms with E-state index in [4.69, 9.17) is 0 Å². The van der Waals surface area contributed by atoms with Crippen LogP contribution in [0.5, 0.6) is 0 Å². The molecule has 0 radical (unpaired) electrons. The number of hydrogen-bond acceptors (Lipinski definition) is 4. The Balaban J connectivity index is 2.21. The van der Waals surface area contributed by atoms with Crippen LogP contribution in [0.4, 0.5) is 0 Å². The van der Waals surface area contributed by atoms with Crippen molar-refractivity contribution >= 4 is 17.5 Å². The van der Waals surface area contributed by atoms with Crippen LogP contribution >= 0.6 is 0 Å². The summed E-state index contributed by atoms with van der Waals surface area (Å²) in [5.41, 5.74) is 1.55. The molecule has 1 unspecified atom stereocenters. The van der Waals surface area contributed by atoms with Gasteiger partial charge in [-0.2, -0.15) is 0 Å². The van der Waals surface area contributed by atoms with E-state index in [0.29, 0.717) is 24.8 Å². The van der Waals surface area contributed by atoms with Crippen molar-refractivity contribution in [2.75, 3.05) is 7.11 Å². The average molecular weight is 208 g/mol. The number of hydrogen-bond donors (Lipinski definition) is 0. The van der Waals surface area contributed by atoms with E-state index < -0.39 is 11.9 Å². The van der Waals surface area contributed by atoms with Crippen molar-refractivity contribution in [1.29, 1.82) is 0 Å². The molecule has 0 aromatic heterocycles. The van der Waals surface area contributed by atoms with E-state index in [1.54, 1.807) is 0 Å². The van der Waals surface area contributed by atoms with Gasteiger partial charge < -0.3 is 4.74 Å². The normalized spacial score (nSPS) is 25.5. The van der Waals surface area contributed by atoms with Crippen molar-refractivity contribution in [3.8, 4) is 0 Å². The smallest absolute Gasteiger partial charge is 0.316 e. The molecule has 0 spiro atoms. The van der Waals surface area contributed by atoms with Gasteiger partial charge in [0.25, 0.3) is 0 Å². The zero-order valence-electron chi connectivity index (χ0n) is 8.54. The Bertz CT molecular complexity index is 378. The number of Topliss-reactive ketones (excluding diaryl/α,β-unsaturated/α-hetero) is 2. The minimum absolute atomic E-state index is 0.0904. The molecule has 0 aliphatic heterocycles. The highest BCUT2D eigenvalue weighted by atomic mass is 16.5. The molecule has 15 heavy (non-hydrogen) atoms. The zero-order valence-corrected chi connectivity index (χ0v) is 8.54. The summed E-state index contributed by atoms with van der Waals surface area (Å²) in [6, 6.07) is 0. The van der Waals surface area contributed by atoms with E-state index in [1.165, 1.54) is 7.11 Å². The lowest BCUT2D eigenvalue weighted by Gasteiger charge is -2.10. The van der Waals surface area contributed by atoms with Gasteiger partial charge in [-0.3, -0.25) is 14.4 Å². The van der Waals surface area contributed by atoms with E-state index in [0.717, 1.165) is 5.57 Å². The van der Waals surface area contributed by atoms with Crippen molar-refractivity contribution in [1.82, 2.24) is 0 Å². The Hall–Kier alpha value is -1.45. The lowest BCUT2D eigenvalue weighted by atomic mass is 9.93. The highest BCUT2D eigenvalue weighted by Crippen LogP contribution is 2.37. The Kier molecular flexibility index (Phi) is 2.42. The van der Waals surface area contributed by atoms with Gasteiger partial charge in [-0.1, -0.05) is 5.57 Å². The number of ketones is 2. The maximum Gasteiger partial charge on any atom is 0.316 e. The van der Waals surface area contributed by atoms with Crippen LogP contribution in [0.1, 0.15) is 25.7 Å². The second kappa shape index (κ2) is 3.61. The molecule has 80 valence electrons. The molecule has 2 aliphatic rings. The van der Waals surface area contributed by atoms with Gasteiger partial charge in [-0.15, -0.1) is 0 Å². The fourth-order valence-corrected chi connectivity index (χ4v) is 2.22. The first kappa shape index (κ1) is 10.1. The van der Waals surface area contributed by atoms with Gasteiger partial charge in [-0.25, -0.2) is 0 Å². The molecule has 2 rings (SSSR count). The Morgan fingerprint density at radius 3 is 2.73 bits per heavy atom. The van der Waals surface area contributed by atoms with Gasteiger partial charge in [-0.05, 0) is 12.8 Å². The molecular weight excluding hydrogens is 196 g/mol. The summed E-state index contributed by atoms with van der Waals surface area (Å²) >= 11 is 0. The molecule has 0 saturated carbocycles. The third-order valence-corrected chi connectivity index (χ3v) is 3.06. The Morgan fingerprint density at radius 2 is 2.07 bits per heavy atom. The number of rotatable bonds is 1. The third-order valence-electron chi connectivity index (χ3n) is 3.06. The number of carbonyl (C=O) groups is 3. The third kappa shape index (κ3) is 1.60. The molecule has 0 saturated heterocycles. The molecular formula is C11H12O4. The largest absolute Gasteiger partial charge is 0.468 e. The van der Waals surface area contributed by atoms with Crippen LogP contribution in [0, 0.1) is 5.92 Å². The summed E-state index contributed by atoms with van der Waals surface area (Å²) in [7, 11) is 1.28. The van der Waals surface area contributed by atoms with Gasteiger partial charge in [0.2, 0.25) is 0 Å². The summed E-state index contributed by atoms with van der Waals surface area (Å²) < 4.78 is 4.57. The first-order valence-electron chi connectivity index (χ1n) is 4.98. The van der Waals surface area contributed by atoms with Crippen LogP contribution in [0.25, 0.3) is 0 Å². The second-order valence-corrected chi connectivity index (χ2v) is 3.94. The second-order valence-electron chi connectivity index (χ2n) is 3.94. The van der Waals surface area contributed by atoms with Gasteiger partial charge in [0.05, 0.1) is 7.11 Å². The lowest BCUT2D eigenvalue weighted by Crippen LogP contribution is -2.22. The van der Waals surface area contributed by atoms with E-state index in [2.05, 4.69) is 4.74 Å². The fraction of sp³-hybridized carbons (Fsp3) is 0.545. The summed E-state index contributed by atoms with van der Waals surface area (Å²) in [4.78, 5) is 34.3. The predicted molar refractivity (Wildman–Crippen MR) is 51.0 cm³/mol. The SMILES string of the molecule is COC(=O)C1CC2=C(CC(=O)CC2)C1=O. The Morgan fingerprint density at radius 1 is 1.33 bits per heavy atom. The van der Waals surface area contributed by atoms with Crippen LogP contribution in [0.15, 0.2) is 11.1 Å². The van der Waals surface area contributed by atoms with Crippen LogP contribution in [-0.2, 0) is 19.1 Å².